The molecule has 4 heteroatoms. The van der Waals surface area contributed by atoms with Gasteiger partial charge in [-0.05, 0) is 68.1 Å². The molecule has 5 atom stereocenters. The van der Waals surface area contributed by atoms with Crippen molar-refractivity contribution in [3.63, 3.8) is 0 Å². The zero-order chi connectivity index (χ0) is 18.0. The molecule has 0 unspecified atom stereocenters. The van der Waals surface area contributed by atoms with Crippen LogP contribution in [-0.4, -0.2) is 34.5 Å². The second kappa shape index (κ2) is 7.57. The zero-order valence-corrected chi connectivity index (χ0v) is 15.4. The van der Waals surface area contributed by atoms with Crippen LogP contribution in [0.3, 0.4) is 0 Å². The summed E-state index contributed by atoms with van der Waals surface area (Å²) in [6.45, 7) is 7.02. The van der Waals surface area contributed by atoms with Crippen LogP contribution in [0.25, 0.3) is 0 Å². The largest absolute Gasteiger partial charge is 0.478 e. The molecule has 1 saturated carbocycles. The quantitative estimate of drug-likeness (QED) is 0.662. The molecule has 0 heterocycles. The molecule has 4 nitrogen and oxygen atoms in total. The summed E-state index contributed by atoms with van der Waals surface area (Å²) in [5.74, 6) is 0.313. The highest BCUT2D eigenvalue weighted by molar-refractivity contribution is 5.88. The third-order valence-electron chi connectivity index (χ3n) is 7.32. The lowest BCUT2D eigenvalue weighted by molar-refractivity contribution is -0.137. The van der Waals surface area contributed by atoms with Gasteiger partial charge in [-0.2, -0.15) is 0 Å². The van der Waals surface area contributed by atoms with E-state index in [0.717, 1.165) is 38.5 Å². The highest BCUT2D eigenvalue weighted by atomic mass is 16.4. The Kier molecular flexibility index (Phi) is 6.14. The van der Waals surface area contributed by atoms with Gasteiger partial charge in [0.1, 0.15) is 0 Å². The SMILES string of the molecule is C[C@@H]1CC[C@@]2(C)C(C(=O)O)=CCC[C@@H]2[C@@]1(C)CC[C@H](CO)CCO. The summed E-state index contributed by atoms with van der Waals surface area (Å²) in [5, 5.41) is 28.4. The molecule has 2 aliphatic rings. The van der Waals surface area contributed by atoms with Gasteiger partial charge in [-0.3, -0.25) is 0 Å². The summed E-state index contributed by atoms with van der Waals surface area (Å²) < 4.78 is 0. The van der Waals surface area contributed by atoms with Crippen LogP contribution < -0.4 is 0 Å². The third-order valence-corrected chi connectivity index (χ3v) is 7.32. The number of rotatable bonds is 7. The zero-order valence-electron chi connectivity index (χ0n) is 15.4. The number of hydrogen-bond donors (Lipinski definition) is 3. The highest BCUT2D eigenvalue weighted by Gasteiger charge is 2.55. The van der Waals surface area contributed by atoms with Crippen molar-refractivity contribution >= 4 is 5.97 Å². The van der Waals surface area contributed by atoms with Crippen LogP contribution >= 0.6 is 0 Å². The second-order valence-corrected chi connectivity index (χ2v) is 8.52. The van der Waals surface area contributed by atoms with E-state index in [-0.39, 0.29) is 30.0 Å². The fraction of sp³-hybridized carbons (Fsp3) is 0.850. The lowest BCUT2D eigenvalue weighted by Crippen LogP contribution is -2.51. The van der Waals surface area contributed by atoms with Crippen LogP contribution in [0.5, 0.6) is 0 Å². The third kappa shape index (κ3) is 3.41. The molecule has 0 aromatic rings. The fourth-order valence-corrected chi connectivity index (χ4v) is 5.47. The smallest absolute Gasteiger partial charge is 0.331 e. The van der Waals surface area contributed by atoms with Gasteiger partial charge >= 0.3 is 5.97 Å². The van der Waals surface area contributed by atoms with E-state index in [0.29, 0.717) is 23.8 Å². The van der Waals surface area contributed by atoms with Gasteiger partial charge in [0.15, 0.2) is 0 Å². The molecule has 0 bridgehead atoms. The van der Waals surface area contributed by atoms with E-state index in [2.05, 4.69) is 20.8 Å². The summed E-state index contributed by atoms with van der Waals surface area (Å²) in [6.07, 6.45) is 8.39. The van der Waals surface area contributed by atoms with E-state index < -0.39 is 5.97 Å². The van der Waals surface area contributed by atoms with Gasteiger partial charge < -0.3 is 15.3 Å². The fourth-order valence-electron chi connectivity index (χ4n) is 5.47. The molecule has 0 aliphatic heterocycles. The molecule has 2 rings (SSSR count). The van der Waals surface area contributed by atoms with Gasteiger partial charge in [-0.1, -0.05) is 26.8 Å². The maximum Gasteiger partial charge on any atom is 0.331 e. The van der Waals surface area contributed by atoms with Crippen molar-refractivity contribution in [2.24, 2.45) is 28.6 Å². The Bertz CT molecular complexity index is 486. The first-order chi connectivity index (χ1) is 11.3. The predicted molar refractivity (Wildman–Crippen MR) is 94.6 cm³/mol. The number of hydrogen-bond acceptors (Lipinski definition) is 3. The van der Waals surface area contributed by atoms with E-state index in [1.807, 2.05) is 6.08 Å². The molecular weight excluding hydrogens is 304 g/mol. The number of aliphatic carboxylic acids is 1. The minimum atomic E-state index is -0.757. The van der Waals surface area contributed by atoms with Crippen LogP contribution in [0.4, 0.5) is 0 Å². The molecule has 0 amide bonds. The Hall–Kier alpha value is -0.870. The average molecular weight is 338 g/mol. The first-order valence-corrected chi connectivity index (χ1v) is 9.45. The Labute approximate surface area is 146 Å². The van der Waals surface area contributed by atoms with E-state index >= 15 is 0 Å². The molecule has 1 fully saturated rings. The molecule has 0 saturated heterocycles. The maximum atomic E-state index is 11.8. The Morgan fingerprint density at radius 3 is 2.58 bits per heavy atom. The number of carbonyl (C=O) groups is 1. The molecule has 2 aliphatic carbocycles. The number of allylic oxidation sites excluding steroid dienone is 1. The number of carboxylic acids is 1. The number of aliphatic hydroxyl groups excluding tert-OH is 2. The van der Waals surface area contributed by atoms with Gasteiger partial charge in [-0.15, -0.1) is 0 Å². The van der Waals surface area contributed by atoms with Gasteiger partial charge in [0, 0.05) is 24.2 Å². The van der Waals surface area contributed by atoms with Crippen molar-refractivity contribution in [3.8, 4) is 0 Å². The van der Waals surface area contributed by atoms with Crippen LogP contribution in [0.1, 0.15) is 65.7 Å². The lowest BCUT2D eigenvalue weighted by atomic mass is 9.46. The molecule has 3 N–H and O–H groups in total. The standard InChI is InChI=1S/C20H34O4/c1-14-7-10-20(3)16(18(23)24)5-4-6-17(20)19(14,2)11-8-15(13-22)9-12-21/h5,14-15,17,21-22H,4,6-13H2,1-3H3,(H,23,24)/t14-,15+,17-,19+,20+/m1/s1. The molecule has 0 radical (unpaired) electrons. The molecule has 24 heavy (non-hydrogen) atoms. The monoisotopic (exact) mass is 338 g/mol. The predicted octanol–water partition coefficient (Wildman–Crippen LogP) is 3.62. The summed E-state index contributed by atoms with van der Waals surface area (Å²) in [4.78, 5) is 11.8. The minimum Gasteiger partial charge on any atom is -0.478 e. The summed E-state index contributed by atoms with van der Waals surface area (Å²) in [6, 6.07) is 0. The van der Waals surface area contributed by atoms with E-state index in [1.54, 1.807) is 0 Å². The van der Waals surface area contributed by atoms with Gasteiger partial charge in [0.25, 0.3) is 0 Å². The summed E-state index contributed by atoms with van der Waals surface area (Å²) >= 11 is 0. The normalized spacial score (nSPS) is 37.5. The average Bonchev–Trinajstić information content (AvgIpc) is 2.55. The number of fused-ring (bicyclic) bond motifs is 1. The molecular formula is C20H34O4. The summed E-state index contributed by atoms with van der Waals surface area (Å²) in [5.41, 5.74) is 0.466. The minimum absolute atomic E-state index is 0.0881. The molecule has 0 spiro atoms. The Morgan fingerprint density at radius 2 is 2.00 bits per heavy atom. The van der Waals surface area contributed by atoms with Crippen molar-refractivity contribution in [2.45, 2.75) is 65.7 Å². The molecule has 0 aromatic heterocycles. The first kappa shape index (κ1) is 19.5. The topological polar surface area (TPSA) is 77.8 Å². The van der Waals surface area contributed by atoms with Gasteiger partial charge in [-0.25, -0.2) is 4.79 Å². The lowest BCUT2D eigenvalue weighted by Gasteiger charge is -2.57. The summed E-state index contributed by atoms with van der Waals surface area (Å²) in [7, 11) is 0. The number of aliphatic hydroxyl groups is 2. The van der Waals surface area contributed by atoms with Crippen molar-refractivity contribution < 1.29 is 20.1 Å². The number of carboxylic acid groups (broad SMARTS) is 1. The van der Waals surface area contributed by atoms with E-state index in [9.17, 15) is 15.0 Å². The maximum absolute atomic E-state index is 11.8. The van der Waals surface area contributed by atoms with Crippen LogP contribution in [0.15, 0.2) is 11.6 Å². The van der Waals surface area contributed by atoms with Gasteiger partial charge in [0.2, 0.25) is 0 Å². The Morgan fingerprint density at radius 1 is 1.29 bits per heavy atom. The second-order valence-electron chi connectivity index (χ2n) is 8.52. The Balaban J connectivity index is 2.24. The molecule has 0 aromatic carbocycles. The van der Waals surface area contributed by atoms with E-state index in [1.165, 1.54) is 0 Å². The highest BCUT2D eigenvalue weighted by Crippen LogP contribution is 2.62. The molecule has 138 valence electrons. The van der Waals surface area contributed by atoms with Crippen molar-refractivity contribution in [1.29, 1.82) is 0 Å². The van der Waals surface area contributed by atoms with Crippen molar-refractivity contribution in [1.82, 2.24) is 0 Å². The van der Waals surface area contributed by atoms with E-state index in [4.69, 9.17) is 5.11 Å². The first-order valence-electron chi connectivity index (χ1n) is 9.45. The van der Waals surface area contributed by atoms with Crippen LogP contribution in [-0.2, 0) is 4.79 Å². The van der Waals surface area contributed by atoms with Crippen molar-refractivity contribution in [2.75, 3.05) is 13.2 Å². The van der Waals surface area contributed by atoms with Crippen LogP contribution in [0.2, 0.25) is 0 Å². The van der Waals surface area contributed by atoms with Crippen molar-refractivity contribution in [3.05, 3.63) is 11.6 Å². The van der Waals surface area contributed by atoms with Crippen LogP contribution in [0, 0.1) is 28.6 Å². The van der Waals surface area contributed by atoms with Gasteiger partial charge in [0.05, 0.1) is 0 Å².